The van der Waals surface area contributed by atoms with Crippen molar-refractivity contribution >= 4 is 19.7 Å². The highest BCUT2D eigenvalue weighted by Crippen LogP contribution is 2.42. The number of phosphoric ester groups is 1. The van der Waals surface area contributed by atoms with Gasteiger partial charge in [-0.25, -0.2) is 4.57 Å². The Bertz CT molecular complexity index is 923. The van der Waals surface area contributed by atoms with Gasteiger partial charge in [-0.05, 0) is 70.6 Å². The van der Waals surface area contributed by atoms with Crippen molar-refractivity contribution < 1.29 is 37.9 Å². The van der Waals surface area contributed by atoms with Gasteiger partial charge in [-0.1, -0.05) is 127 Å². The van der Waals surface area contributed by atoms with Crippen LogP contribution in [0.2, 0.25) is 0 Å². The van der Waals surface area contributed by atoms with E-state index in [0.29, 0.717) is 6.42 Å². The van der Waals surface area contributed by atoms with Crippen LogP contribution in [0.5, 0.6) is 0 Å². The molecule has 0 spiro atoms. The standard InChI is InChI=1S/C40H74NO8P/c1-3-5-7-9-11-13-15-17-19-20-22-24-26-28-30-32-39(43)41-34-35-48-50(45,46)49-37-38(42)36-47-40(44)33-31-29-27-25-23-21-18-16-14-12-10-8-6-4-2/h11,13,16-19,38,42H,3-10,12,14-15,20-37H2,1-2H3,(H,41,43)(H,45,46)/b13-11-,18-16-,19-17-. The summed E-state index contributed by atoms with van der Waals surface area (Å²) in [5.74, 6) is -0.540. The molecule has 0 aromatic rings. The summed E-state index contributed by atoms with van der Waals surface area (Å²) in [5, 5.41) is 12.6. The minimum atomic E-state index is -4.42. The Morgan fingerprint density at radius 1 is 0.620 bits per heavy atom. The molecule has 0 heterocycles. The molecule has 0 aliphatic carbocycles. The van der Waals surface area contributed by atoms with Crippen LogP contribution in [0.4, 0.5) is 0 Å². The lowest BCUT2D eigenvalue weighted by Crippen LogP contribution is -2.27. The molecule has 0 aromatic carbocycles. The maximum absolute atomic E-state index is 12.1. The van der Waals surface area contributed by atoms with Crippen LogP contribution in [-0.2, 0) is 27.9 Å². The molecule has 2 atom stereocenters. The summed E-state index contributed by atoms with van der Waals surface area (Å²) in [4.78, 5) is 33.8. The average molecular weight is 728 g/mol. The van der Waals surface area contributed by atoms with Gasteiger partial charge in [0, 0.05) is 19.4 Å². The normalized spacial score (nSPS) is 13.8. The second kappa shape index (κ2) is 37.0. The van der Waals surface area contributed by atoms with Crippen molar-refractivity contribution in [3.05, 3.63) is 36.5 Å². The Kier molecular flexibility index (Phi) is 35.7. The summed E-state index contributed by atoms with van der Waals surface area (Å²) >= 11 is 0. The second-order valence-corrected chi connectivity index (χ2v) is 14.7. The number of nitrogens with one attached hydrogen (secondary N) is 1. The summed E-state index contributed by atoms with van der Waals surface area (Å²) in [6.07, 6.45) is 39.2. The van der Waals surface area contributed by atoms with Gasteiger partial charge >= 0.3 is 13.8 Å². The Morgan fingerprint density at radius 3 is 1.66 bits per heavy atom. The van der Waals surface area contributed by atoms with E-state index in [9.17, 15) is 24.2 Å². The van der Waals surface area contributed by atoms with E-state index in [-0.39, 0.29) is 32.1 Å². The van der Waals surface area contributed by atoms with Crippen LogP contribution in [0.25, 0.3) is 0 Å². The predicted molar refractivity (Wildman–Crippen MR) is 206 cm³/mol. The smallest absolute Gasteiger partial charge is 0.463 e. The van der Waals surface area contributed by atoms with Gasteiger partial charge in [0.2, 0.25) is 5.91 Å². The topological polar surface area (TPSA) is 131 Å². The first-order valence-corrected chi connectivity index (χ1v) is 21.5. The lowest BCUT2D eigenvalue weighted by atomic mass is 10.1. The lowest BCUT2D eigenvalue weighted by molar-refractivity contribution is -0.147. The van der Waals surface area contributed by atoms with Crippen LogP contribution in [-0.4, -0.2) is 54.3 Å². The number of esters is 1. The van der Waals surface area contributed by atoms with Crippen molar-refractivity contribution in [1.29, 1.82) is 0 Å². The number of hydrogen-bond acceptors (Lipinski definition) is 7. The fraction of sp³-hybridized carbons (Fsp3) is 0.800. The van der Waals surface area contributed by atoms with Crippen LogP contribution in [0.15, 0.2) is 36.5 Å². The van der Waals surface area contributed by atoms with E-state index in [1.807, 2.05) is 0 Å². The SMILES string of the molecule is CCCCC/C=C\C/C=C\CCCCCCCC(=O)NCCOP(=O)(O)OCC(O)COC(=O)CCCCCCC/C=C\CCCCCCC. The highest BCUT2D eigenvalue weighted by atomic mass is 31.2. The highest BCUT2D eigenvalue weighted by molar-refractivity contribution is 7.47. The fourth-order valence-electron chi connectivity index (χ4n) is 5.23. The number of allylic oxidation sites excluding steroid dienone is 6. The first kappa shape index (κ1) is 48.2. The summed E-state index contributed by atoms with van der Waals surface area (Å²) < 4.78 is 26.8. The first-order chi connectivity index (χ1) is 24.3. The van der Waals surface area contributed by atoms with E-state index < -0.39 is 26.5 Å². The Balaban J connectivity index is 3.65. The summed E-state index contributed by atoms with van der Waals surface area (Å²) in [5.41, 5.74) is 0. The van der Waals surface area contributed by atoms with E-state index in [1.54, 1.807) is 0 Å². The number of carbonyl (C=O) groups excluding carboxylic acids is 2. The summed E-state index contributed by atoms with van der Waals surface area (Å²) in [6.45, 7) is 3.48. The van der Waals surface area contributed by atoms with Gasteiger partial charge in [0.25, 0.3) is 0 Å². The Hall–Kier alpha value is -1.77. The van der Waals surface area contributed by atoms with Gasteiger partial charge in [-0.15, -0.1) is 0 Å². The lowest BCUT2D eigenvalue weighted by Gasteiger charge is -2.15. The number of hydrogen-bond donors (Lipinski definition) is 3. The number of amides is 1. The maximum Gasteiger partial charge on any atom is 0.472 e. The molecule has 0 aromatic heterocycles. The van der Waals surface area contributed by atoms with Gasteiger partial charge in [-0.3, -0.25) is 18.6 Å². The van der Waals surface area contributed by atoms with Crippen molar-refractivity contribution in [2.45, 2.75) is 180 Å². The van der Waals surface area contributed by atoms with Crippen LogP contribution in [0.3, 0.4) is 0 Å². The third-order valence-corrected chi connectivity index (χ3v) is 9.28. The zero-order chi connectivity index (χ0) is 36.8. The molecule has 2 unspecified atom stereocenters. The molecule has 0 aliphatic heterocycles. The van der Waals surface area contributed by atoms with Crippen LogP contribution < -0.4 is 5.32 Å². The summed E-state index contributed by atoms with van der Waals surface area (Å²) in [7, 11) is -4.42. The first-order valence-electron chi connectivity index (χ1n) is 20.0. The molecule has 0 radical (unpaired) electrons. The quantitative estimate of drug-likeness (QED) is 0.0249. The zero-order valence-corrected chi connectivity index (χ0v) is 32.7. The van der Waals surface area contributed by atoms with Gasteiger partial charge in [0.1, 0.15) is 12.7 Å². The minimum Gasteiger partial charge on any atom is -0.463 e. The molecule has 0 rings (SSSR count). The average Bonchev–Trinajstić information content (AvgIpc) is 3.10. The molecule has 0 fully saturated rings. The number of aliphatic hydroxyl groups is 1. The number of carbonyl (C=O) groups is 2. The monoisotopic (exact) mass is 728 g/mol. The van der Waals surface area contributed by atoms with Crippen LogP contribution in [0, 0.1) is 0 Å². The maximum atomic E-state index is 12.1. The molecule has 0 bridgehead atoms. The summed E-state index contributed by atoms with van der Waals surface area (Å²) in [6, 6.07) is 0. The third-order valence-electron chi connectivity index (χ3n) is 8.29. The zero-order valence-electron chi connectivity index (χ0n) is 31.8. The number of ether oxygens (including phenoxy) is 1. The van der Waals surface area contributed by atoms with Crippen molar-refractivity contribution in [3.63, 3.8) is 0 Å². The molecule has 10 heteroatoms. The van der Waals surface area contributed by atoms with Gasteiger partial charge in [0.15, 0.2) is 0 Å². The van der Waals surface area contributed by atoms with Crippen molar-refractivity contribution in [3.8, 4) is 0 Å². The molecular weight excluding hydrogens is 653 g/mol. The second-order valence-electron chi connectivity index (χ2n) is 13.2. The third kappa shape index (κ3) is 37.5. The number of aliphatic hydroxyl groups excluding tert-OH is 1. The molecular formula is C40H74NO8P. The molecule has 50 heavy (non-hydrogen) atoms. The Morgan fingerprint density at radius 2 is 1.08 bits per heavy atom. The number of rotatable bonds is 37. The van der Waals surface area contributed by atoms with E-state index in [4.69, 9.17) is 13.8 Å². The van der Waals surface area contributed by atoms with Gasteiger partial charge in [-0.2, -0.15) is 0 Å². The number of unbranched alkanes of at least 4 members (excludes halogenated alkanes) is 18. The molecule has 0 saturated heterocycles. The van der Waals surface area contributed by atoms with Crippen molar-refractivity contribution in [2.75, 3.05) is 26.4 Å². The van der Waals surface area contributed by atoms with E-state index in [2.05, 4.69) is 55.6 Å². The Labute approximate surface area is 305 Å². The molecule has 292 valence electrons. The van der Waals surface area contributed by atoms with E-state index in [1.165, 1.54) is 64.2 Å². The predicted octanol–water partition coefficient (Wildman–Crippen LogP) is 10.6. The molecule has 3 N–H and O–H groups in total. The molecule has 0 aliphatic rings. The van der Waals surface area contributed by atoms with Gasteiger partial charge in [0.05, 0.1) is 13.2 Å². The fourth-order valence-corrected chi connectivity index (χ4v) is 5.98. The number of phosphoric acid groups is 1. The molecule has 9 nitrogen and oxygen atoms in total. The van der Waals surface area contributed by atoms with Crippen molar-refractivity contribution in [2.24, 2.45) is 0 Å². The van der Waals surface area contributed by atoms with Crippen molar-refractivity contribution in [1.82, 2.24) is 5.32 Å². The van der Waals surface area contributed by atoms with E-state index in [0.717, 1.165) is 83.5 Å². The highest BCUT2D eigenvalue weighted by Gasteiger charge is 2.23. The van der Waals surface area contributed by atoms with Gasteiger partial charge < -0.3 is 20.1 Å². The molecule has 0 saturated carbocycles. The minimum absolute atomic E-state index is 0.0729. The largest absolute Gasteiger partial charge is 0.472 e. The van der Waals surface area contributed by atoms with Crippen LogP contribution in [0.1, 0.15) is 174 Å². The molecule has 1 amide bonds. The van der Waals surface area contributed by atoms with Crippen LogP contribution >= 0.6 is 7.82 Å². The van der Waals surface area contributed by atoms with E-state index >= 15 is 0 Å².